The molecule has 28 heavy (non-hydrogen) atoms. The quantitative estimate of drug-likeness (QED) is 0.269. The number of carbonyl (C=O) groups excluding carboxylic acids is 1. The molecule has 1 heterocycles. The van der Waals surface area contributed by atoms with Gasteiger partial charge in [-0.2, -0.15) is 0 Å². The summed E-state index contributed by atoms with van der Waals surface area (Å²) in [5.74, 6) is 0.611. The highest BCUT2D eigenvalue weighted by Gasteiger charge is 2.17. The lowest BCUT2D eigenvalue weighted by atomic mass is 10.1. The number of halogens is 1. The highest BCUT2D eigenvalue weighted by atomic mass is 127. The second kappa shape index (κ2) is 14.6. The van der Waals surface area contributed by atoms with Gasteiger partial charge in [-0.25, -0.2) is 4.99 Å². The van der Waals surface area contributed by atoms with Gasteiger partial charge in [0.15, 0.2) is 5.96 Å². The molecule has 158 valence electrons. The Morgan fingerprint density at radius 3 is 2.57 bits per heavy atom. The number of amides is 1. The summed E-state index contributed by atoms with van der Waals surface area (Å²) in [5.41, 5.74) is 1.22. The molecule has 0 radical (unpaired) electrons. The van der Waals surface area contributed by atoms with Crippen LogP contribution in [0.25, 0.3) is 0 Å². The maximum absolute atomic E-state index is 12.0. The van der Waals surface area contributed by atoms with Crippen LogP contribution in [0.2, 0.25) is 0 Å². The average molecular weight is 503 g/mol. The van der Waals surface area contributed by atoms with E-state index in [-0.39, 0.29) is 36.4 Å². The van der Waals surface area contributed by atoms with Gasteiger partial charge >= 0.3 is 0 Å². The van der Waals surface area contributed by atoms with Gasteiger partial charge < -0.3 is 20.7 Å². The van der Waals surface area contributed by atoms with E-state index in [0.717, 1.165) is 45.8 Å². The second-order valence-corrected chi connectivity index (χ2v) is 6.66. The first-order valence-corrected chi connectivity index (χ1v) is 9.83. The molecule has 8 heteroatoms. The number of nitrogens with zero attached hydrogens (tertiary/aromatic N) is 2. The Balaban J connectivity index is 0.00000392. The number of rotatable bonds is 9. The summed E-state index contributed by atoms with van der Waals surface area (Å²) in [6.45, 7) is 9.99. The number of benzene rings is 1. The molecule has 0 spiro atoms. The van der Waals surface area contributed by atoms with Crippen molar-refractivity contribution in [1.82, 2.24) is 20.9 Å². The third-order valence-corrected chi connectivity index (χ3v) is 4.54. The summed E-state index contributed by atoms with van der Waals surface area (Å²) in [5, 5.41) is 9.45. The van der Waals surface area contributed by atoms with Gasteiger partial charge in [0.1, 0.15) is 6.54 Å². The van der Waals surface area contributed by atoms with Crippen LogP contribution in [0, 0.1) is 0 Å². The van der Waals surface area contributed by atoms with Crippen LogP contribution in [0.5, 0.6) is 0 Å². The maximum Gasteiger partial charge on any atom is 0.241 e. The van der Waals surface area contributed by atoms with E-state index in [1.54, 1.807) is 0 Å². The van der Waals surface area contributed by atoms with Gasteiger partial charge in [-0.15, -0.1) is 24.0 Å². The summed E-state index contributed by atoms with van der Waals surface area (Å²) >= 11 is 0. The highest BCUT2D eigenvalue weighted by molar-refractivity contribution is 14.0. The lowest BCUT2D eigenvalue weighted by Crippen LogP contribution is -2.49. The van der Waals surface area contributed by atoms with E-state index in [0.29, 0.717) is 18.5 Å². The molecule has 0 aliphatic carbocycles. The molecule has 0 bridgehead atoms. The summed E-state index contributed by atoms with van der Waals surface area (Å²) < 4.78 is 5.40. The topological polar surface area (TPSA) is 78.0 Å². The first kappa shape index (κ1) is 24.6. The zero-order valence-electron chi connectivity index (χ0n) is 16.9. The Bertz CT molecular complexity index is 579. The van der Waals surface area contributed by atoms with E-state index in [2.05, 4.69) is 44.9 Å². The van der Waals surface area contributed by atoms with E-state index in [4.69, 9.17) is 4.74 Å². The van der Waals surface area contributed by atoms with E-state index in [1.165, 1.54) is 5.56 Å². The zero-order valence-corrected chi connectivity index (χ0v) is 19.3. The standard InChI is InChI=1S/C20H33N5O2.HI/c1-3-21-20(23-15-17(2)25-11-13-27-14-12-25)24-16-19(26)22-10-9-18-7-5-4-6-8-18;/h4-8,17H,3,9-16H2,1-2H3,(H,22,26)(H2,21,23,24);1H. The first-order chi connectivity index (χ1) is 13.2. The Hall–Kier alpha value is -1.39. The molecule has 1 aliphatic heterocycles. The summed E-state index contributed by atoms with van der Waals surface area (Å²) in [6.07, 6.45) is 0.825. The summed E-state index contributed by atoms with van der Waals surface area (Å²) in [6, 6.07) is 10.5. The van der Waals surface area contributed by atoms with Crippen molar-refractivity contribution in [2.75, 3.05) is 52.5 Å². The third kappa shape index (κ3) is 9.70. The number of ether oxygens (including phenoxy) is 1. The van der Waals surface area contributed by atoms with Crippen LogP contribution in [0.3, 0.4) is 0 Å². The van der Waals surface area contributed by atoms with Crippen molar-refractivity contribution in [2.24, 2.45) is 4.99 Å². The van der Waals surface area contributed by atoms with Crippen molar-refractivity contribution < 1.29 is 9.53 Å². The van der Waals surface area contributed by atoms with Gasteiger partial charge in [-0.05, 0) is 25.8 Å². The van der Waals surface area contributed by atoms with Crippen LogP contribution in [-0.2, 0) is 16.0 Å². The Morgan fingerprint density at radius 1 is 1.18 bits per heavy atom. The van der Waals surface area contributed by atoms with Gasteiger partial charge in [0, 0.05) is 38.8 Å². The lowest BCUT2D eigenvalue weighted by Gasteiger charge is -2.32. The molecule has 3 N–H and O–H groups in total. The molecule has 2 rings (SSSR count). The zero-order chi connectivity index (χ0) is 19.3. The minimum absolute atomic E-state index is 0. The van der Waals surface area contributed by atoms with Crippen molar-refractivity contribution in [1.29, 1.82) is 0 Å². The molecule has 1 aromatic rings. The van der Waals surface area contributed by atoms with Crippen LogP contribution in [0.4, 0.5) is 0 Å². The van der Waals surface area contributed by atoms with Crippen LogP contribution >= 0.6 is 24.0 Å². The first-order valence-electron chi connectivity index (χ1n) is 9.83. The number of guanidine groups is 1. The van der Waals surface area contributed by atoms with Gasteiger partial charge in [0.25, 0.3) is 0 Å². The Kier molecular flexibility index (Phi) is 12.8. The van der Waals surface area contributed by atoms with Crippen LogP contribution in [0.15, 0.2) is 35.3 Å². The molecule has 0 saturated carbocycles. The molecule has 1 fully saturated rings. The lowest BCUT2D eigenvalue weighted by molar-refractivity contribution is -0.119. The average Bonchev–Trinajstić information content (AvgIpc) is 2.71. The van der Waals surface area contributed by atoms with Gasteiger partial charge in [-0.1, -0.05) is 30.3 Å². The number of carbonyl (C=O) groups is 1. The maximum atomic E-state index is 12.0. The van der Waals surface area contributed by atoms with E-state index < -0.39 is 0 Å². The molecule has 1 atom stereocenters. The van der Waals surface area contributed by atoms with Gasteiger partial charge in [0.05, 0.1) is 13.2 Å². The molecular formula is C20H34IN5O2. The fourth-order valence-corrected chi connectivity index (χ4v) is 2.93. The fraction of sp³-hybridized carbons (Fsp3) is 0.600. The van der Waals surface area contributed by atoms with Crippen molar-refractivity contribution in [3.63, 3.8) is 0 Å². The minimum atomic E-state index is -0.0654. The van der Waals surface area contributed by atoms with Crippen molar-refractivity contribution in [3.05, 3.63) is 35.9 Å². The highest BCUT2D eigenvalue weighted by Crippen LogP contribution is 2.02. The Morgan fingerprint density at radius 2 is 1.89 bits per heavy atom. The van der Waals surface area contributed by atoms with E-state index in [9.17, 15) is 4.79 Å². The van der Waals surface area contributed by atoms with Gasteiger partial charge in [-0.3, -0.25) is 9.69 Å². The SMILES string of the molecule is CCNC(=NCC(=O)NCCc1ccccc1)NCC(C)N1CCOCC1.I. The minimum Gasteiger partial charge on any atom is -0.379 e. The molecule has 0 aromatic heterocycles. The fourth-order valence-electron chi connectivity index (χ4n) is 2.93. The van der Waals surface area contributed by atoms with Crippen molar-refractivity contribution >= 4 is 35.8 Å². The third-order valence-electron chi connectivity index (χ3n) is 4.54. The molecule has 1 aliphatic rings. The summed E-state index contributed by atoms with van der Waals surface area (Å²) in [4.78, 5) is 18.8. The molecule has 7 nitrogen and oxygen atoms in total. The van der Waals surface area contributed by atoms with Crippen LogP contribution in [-0.4, -0.2) is 75.3 Å². The van der Waals surface area contributed by atoms with Crippen LogP contribution < -0.4 is 16.0 Å². The predicted octanol–water partition coefficient (Wildman–Crippen LogP) is 1.24. The smallest absolute Gasteiger partial charge is 0.241 e. The van der Waals surface area contributed by atoms with E-state index in [1.807, 2.05) is 25.1 Å². The number of nitrogens with one attached hydrogen (secondary N) is 3. The predicted molar refractivity (Wildman–Crippen MR) is 124 cm³/mol. The monoisotopic (exact) mass is 503 g/mol. The molecule has 1 amide bonds. The number of hydrogen-bond donors (Lipinski definition) is 3. The number of hydrogen-bond acceptors (Lipinski definition) is 4. The largest absolute Gasteiger partial charge is 0.379 e. The molecule has 1 unspecified atom stereocenters. The molecule has 1 aromatic carbocycles. The molecule has 1 saturated heterocycles. The normalized spacial score (nSPS) is 16.0. The Labute approximate surface area is 185 Å². The van der Waals surface area contributed by atoms with E-state index >= 15 is 0 Å². The number of morpholine rings is 1. The number of aliphatic imine (C=N–C) groups is 1. The van der Waals surface area contributed by atoms with Gasteiger partial charge in [0.2, 0.25) is 5.91 Å². The second-order valence-electron chi connectivity index (χ2n) is 6.66. The molecular weight excluding hydrogens is 469 g/mol. The summed E-state index contributed by atoms with van der Waals surface area (Å²) in [7, 11) is 0. The van der Waals surface area contributed by atoms with Crippen LogP contribution in [0.1, 0.15) is 19.4 Å². The van der Waals surface area contributed by atoms with Crippen molar-refractivity contribution in [3.8, 4) is 0 Å². The van der Waals surface area contributed by atoms with Crippen molar-refractivity contribution in [2.45, 2.75) is 26.3 Å².